The molecule has 0 fully saturated rings. The molecule has 6 heteroatoms. The highest BCUT2D eigenvalue weighted by atomic mass is 16.6. The van der Waals surface area contributed by atoms with Gasteiger partial charge in [-0.1, -0.05) is 18.2 Å². The number of hydrogen-bond acceptors (Lipinski definition) is 6. The second kappa shape index (κ2) is 6.79. The molecular formula is C21H20N4O2. The van der Waals surface area contributed by atoms with Crippen LogP contribution in [-0.2, 0) is 6.42 Å². The van der Waals surface area contributed by atoms with Gasteiger partial charge in [-0.3, -0.25) is 0 Å². The number of para-hydroxylation sites is 1. The zero-order chi connectivity index (χ0) is 18.1. The number of ether oxygens (including phenoxy) is 2. The Kier molecular flexibility index (Phi) is 4.01. The third-order valence-electron chi connectivity index (χ3n) is 4.83. The van der Waals surface area contributed by atoms with Gasteiger partial charge in [0.25, 0.3) is 0 Å². The van der Waals surface area contributed by atoms with Crippen LogP contribution >= 0.6 is 0 Å². The Balaban J connectivity index is 1.42. The molecule has 27 heavy (non-hydrogen) atoms. The van der Waals surface area contributed by atoms with Crippen molar-refractivity contribution < 1.29 is 9.47 Å². The van der Waals surface area contributed by atoms with E-state index in [-0.39, 0.29) is 0 Å². The summed E-state index contributed by atoms with van der Waals surface area (Å²) in [4.78, 5) is 11.4. The fourth-order valence-electron chi connectivity index (χ4n) is 3.58. The molecule has 0 spiro atoms. The molecule has 5 rings (SSSR count). The van der Waals surface area contributed by atoms with Crippen LogP contribution in [-0.4, -0.2) is 29.7 Å². The van der Waals surface area contributed by atoms with Crippen LogP contribution in [0.2, 0.25) is 0 Å². The minimum absolute atomic E-state index is 0.562. The van der Waals surface area contributed by atoms with Crippen molar-refractivity contribution >= 4 is 23.1 Å². The lowest BCUT2D eigenvalue weighted by molar-refractivity contribution is 0.171. The Morgan fingerprint density at radius 3 is 2.81 bits per heavy atom. The van der Waals surface area contributed by atoms with Gasteiger partial charge in [0, 0.05) is 30.2 Å². The molecule has 0 saturated heterocycles. The lowest BCUT2D eigenvalue weighted by Gasteiger charge is -2.30. The summed E-state index contributed by atoms with van der Waals surface area (Å²) in [7, 11) is 0. The monoisotopic (exact) mass is 360 g/mol. The Morgan fingerprint density at radius 1 is 0.963 bits per heavy atom. The predicted octanol–water partition coefficient (Wildman–Crippen LogP) is 4.08. The van der Waals surface area contributed by atoms with Gasteiger partial charge in [-0.15, -0.1) is 0 Å². The van der Waals surface area contributed by atoms with E-state index >= 15 is 0 Å². The number of benzene rings is 2. The summed E-state index contributed by atoms with van der Waals surface area (Å²) < 4.78 is 11.2. The van der Waals surface area contributed by atoms with Crippen LogP contribution in [0, 0.1) is 0 Å². The predicted molar refractivity (Wildman–Crippen MR) is 105 cm³/mol. The minimum atomic E-state index is 0.562. The van der Waals surface area contributed by atoms with Gasteiger partial charge < -0.3 is 19.7 Å². The van der Waals surface area contributed by atoms with Crippen molar-refractivity contribution in [3.63, 3.8) is 0 Å². The van der Waals surface area contributed by atoms with E-state index in [4.69, 9.17) is 14.5 Å². The summed E-state index contributed by atoms with van der Waals surface area (Å²) in [6.07, 6.45) is 4.02. The van der Waals surface area contributed by atoms with Crippen molar-refractivity contribution in [1.29, 1.82) is 0 Å². The fraction of sp³-hybridized carbons (Fsp3) is 0.238. The maximum absolute atomic E-state index is 5.65. The molecule has 0 bridgehead atoms. The summed E-state index contributed by atoms with van der Waals surface area (Å²) in [5.74, 6) is 2.98. The maximum atomic E-state index is 5.65. The van der Waals surface area contributed by atoms with Crippen LogP contribution in [0.5, 0.6) is 11.5 Å². The Labute approximate surface area is 157 Å². The maximum Gasteiger partial charge on any atom is 0.229 e. The first kappa shape index (κ1) is 15.9. The van der Waals surface area contributed by atoms with Crippen molar-refractivity contribution in [2.75, 3.05) is 30.0 Å². The number of hydrogen-bond donors (Lipinski definition) is 1. The number of nitrogens with zero attached hydrogens (tertiary/aromatic N) is 3. The van der Waals surface area contributed by atoms with Gasteiger partial charge in [-0.25, -0.2) is 4.98 Å². The molecule has 0 saturated carbocycles. The largest absolute Gasteiger partial charge is 0.486 e. The average Bonchev–Trinajstić information content (AvgIpc) is 2.73. The van der Waals surface area contributed by atoms with E-state index in [1.54, 1.807) is 6.20 Å². The molecule has 1 aromatic heterocycles. The van der Waals surface area contributed by atoms with Gasteiger partial charge in [-0.2, -0.15) is 4.98 Å². The van der Waals surface area contributed by atoms with Crippen LogP contribution in [0.15, 0.2) is 54.7 Å². The Morgan fingerprint density at radius 2 is 1.85 bits per heavy atom. The molecule has 0 radical (unpaired) electrons. The number of rotatable bonds is 3. The topological polar surface area (TPSA) is 59.5 Å². The summed E-state index contributed by atoms with van der Waals surface area (Å²) in [6, 6.07) is 16.2. The SMILES string of the molecule is c1ccc2c(c1)CCCN2c1ccnc(Nc2ccc3c(c2)OCCO3)n1. The highest BCUT2D eigenvalue weighted by Crippen LogP contribution is 2.34. The molecule has 3 heterocycles. The van der Waals surface area contributed by atoms with E-state index in [2.05, 4.69) is 39.5 Å². The quantitative estimate of drug-likeness (QED) is 0.760. The highest BCUT2D eigenvalue weighted by Gasteiger charge is 2.19. The van der Waals surface area contributed by atoms with Gasteiger partial charge in [0.2, 0.25) is 5.95 Å². The Hall–Kier alpha value is -3.28. The zero-order valence-electron chi connectivity index (χ0n) is 14.9. The third kappa shape index (κ3) is 3.14. The lowest BCUT2D eigenvalue weighted by atomic mass is 10.0. The first-order valence-electron chi connectivity index (χ1n) is 9.22. The van der Waals surface area contributed by atoms with Crippen molar-refractivity contribution in [2.24, 2.45) is 0 Å². The van der Waals surface area contributed by atoms with E-state index in [1.807, 2.05) is 24.3 Å². The number of fused-ring (bicyclic) bond motifs is 2. The van der Waals surface area contributed by atoms with Crippen LogP contribution in [0.3, 0.4) is 0 Å². The van der Waals surface area contributed by atoms with Gasteiger partial charge in [0.1, 0.15) is 19.0 Å². The smallest absolute Gasteiger partial charge is 0.229 e. The van der Waals surface area contributed by atoms with Gasteiger partial charge in [0.05, 0.1) is 0 Å². The first-order chi connectivity index (χ1) is 13.4. The Bertz CT molecular complexity index is 976. The van der Waals surface area contributed by atoms with Crippen molar-refractivity contribution in [3.8, 4) is 11.5 Å². The summed E-state index contributed by atoms with van der Waals surface area (Å²) in [5, 5.41) is 3.27. The average molecular weight is 360 g/mol. The first-order valence-corrected chi connectivity index (χ1v) is 9.22. The number of anilines is 4. The van der Waals surface area contributed by atoms with E-state index in [1.165, 1.54) is 11.3 Å². The van der Waals surface area contributed by atoms with Crippen molar-refractivity contribution in [1.82, 2.24) is 9.97 Å². The normalized spacial score (nSPS) is 15.2. The van der Waals surface area contributed by atoms with Crippen molar-refractivity contribution in [2.45, 2.75) is 12.8 Å². The van der Waals surface area contributed by atoms with Crippen molar-refractivity contribution in [3.05, 3.63) is 60.3 Å². The zero-order valence-corrected chi connectivity index (χ0v) is 14.9. The molecule has 0 unspecified atom stereocenters. The molecule has 2 aliphatic rings. The van der Waals surface area contributed by atoms with Gasteiger partial charge in [0.15, 0.2) is 11.5 Å². The molecule has 3 aromatic rings. The summed E-state index contributed by atoms with van der Waals surface area (Å²) >= 11 is 0. The van der Waals surface area contributed by atoms with Crippen LogP contribution in [0.4, 0.5) is 23.1 Å². The molecule has 0 aliphatic carbocycles. The van der Waals surface area contributed by atoms with Gasteiger partial charge in [-0.05, 0) is 42.7 Å². The molecule has 136 valence electrons. The second-order valence-electron chi connectivity index (χ2n) is 6.61. The van der Waals surface area contributed by atoms with Crippen LogP contribution < -0.4 is 19.7 Å². The molecule has 0 amide bonds. The van der Waals surface area contributed by atoms with Gasteiger partial charge >= 0.3 is 0 Å². The molecule has 0 atom stereocenters. The van der Waals surface area contributed by atoms with E-state index in [9.17, 15) is 0 Å². The lowest BCUT2D eigenvalue weighted by Crippen LogP contribution is -2.25. The van der Waals surface area contributed by atoms with Crippen LogP contribution in [0.1, 0.15) is 12.0 Å². The van der Waals surface area contributed by atoms with E-state index in [0.29, 0.717) is 19.2 Å². The molecule has 2 aliphatic heterocycles. The molecular weight excluding hydrogens is 340 g/mol. The number of nitrogens with one attached hydrogen (secondary N) is 1. The van der Waals surface area contributed by atoms with E-state index in [0.717, 1.165) is 42.4 Å². The standard InChI is InChI=1S/C21H20N4O2/c1-2-6-17-15(4-1)5-3-11-25(17)20-9-10-22-21(24-20)23-16-7-8-18-19(14-16)27-13-12-26-18/h1-2,4,6-10,14H,3,5,11-13H2,(H,22,23,24). The second-order valence-corrected chi connectivity index (χ2v) is 6.61. The van der Waals surface area contributed by atoms with Crippen LogP contribution in [0.25, 0.3) is 0 Å². The fourth-order valence-corrected chi connectivity index (χ4v) is 3.58. The minimum Gasteiger partial charge on any atom is -0.486 e. The summed E-state index contributed by atoms with van der Waals surface area (Å²) in [6.45, 7) is 2.11. The molecule has 2 aromatic carbocycles. The summed E-state index contributed by atoms with van der Waals surface area (Å²) in [5.41, 5.74) is 3.46. The number of aryl methyl sites for hydroxylation is 1. The number of aromatic nitrogens is 2. The highest BCUT2D eigenvalue weighted by molar-refractivity contribution is 5.67. The van der Waals surface area contributed by atoms with E-state index < -0.39 is 0 Å². The molecule has 6 nitrogen and oxygen atoms in total. The third-order valence-corrected chi connectivity index (χ3v) is 4.83. The molecule has 1 N–H and O–H groups in total.